The van der Waals surface area contributed by atoms with E-state index < -0.39 is 0 Å². The van der Waals surface area contributed by atoms with Crippen LogP contribution in [-0.2, 0) is 4.79 Å². The number of aromatic amines is 1. The molecule has 1 heterocycles. The van der Waals surface area contributed by atoms with E-state index >= 15 is 0 Å². The second-order valence-corrected chi connectivity index (χ2v) is 8.11. The topological polar surface area (TPSA) is 57.8 Å². The van der Waals surface area contributed by atoms with Gasteiger partial charge in [-0.2, -0.15) is 0 Å². The zero-order chi connectivity index (χ0) is 20.8. The summed E-state index contributed by atoms with van der Waals surface area (Å²) in [5.74, 6) is 0.528. The molecule has 0 aliphatic carbocycles. The number of rotatable bonds is 7. The SMILES string of the molecule is O=C(CCSc1nc(-c2ccccc2)c(-c2ccccc2)[nH]1)Nc1ccccc1Cl. The van der Waals surface area contributed by atoms with Crippen molar-refractivity contribution in [3.8, 4) is 22.5 Å². The van der Waals surface area contributed by atoms with Crippen LogP contribution in [0.4, 0.5) is 5.69 Å². The smallest absolute Gasteiger partial charge is 0.225 e. The van der Waals surface area contributed by atoms with Gasteiger partial charge in [-0.15, -0.1) is 0 Å². The average molecular weight is 434 g/mol. The Kier molecular flexibility index (Phi) is 6.52. The van der Waals surface area contributed by atoms with Crippen LogP contribution < -0.4 is 5.32 Å². The van der Waals surface area contributed by atoms with Crippen LogP contribution in [-0.4, -0.2) is 21.6 Å². The Morgan fingerprint density at radius 1 is 0.900 bits per heavy atom. The molecule has 0 fully saturated rings. The Hall–Kier alpha value is -3.02. The summed E-state index contributed by atoms with van der Waals surface area (Å²) in [4.78, 5) is 20.5. The molecular formula is C24H20ClN3OS. The fraction of sp³-hybridized carbons (Fsp3) is 0.0833. The molecule has 4 rings (SSSR count). The molecule has 3 aromatic carbocycles. The molecule has 0 aliphatic rings. The zero-order valence-corrected chi connectivity index (χ0v) is 17.7. The molecule has 0 bridgehead atoms. The van der Waals surface area contributed by atoms with Crippen molar-refractivity contribution in [3.63, 3.8) is 0 Å². The number of anilines is 1. The fourth-order valence-electron chi connectivity index (χ4n) is 3.05. The lowest BCUT2D eigenvalue weighted by Gasteiger charge is -2.06. The monoisotopic (exact) mass is 433 g/mol. The molecule has 1 amide bonds. The second kappa shape index (κ2) is 9.65. The van der Waals surface area contributed by atoms with Gasteiger partial charge in [0.15, 0.2) is 5.16 Å². The van der Waals surface area contributed by atoms with Crippen molar-refractivity contribution >= 4 is 35.0 Å². The number of carbonyl (C=O) groups is 1. The van der Waals surface area contributed by atoms with E-state index in [9.17, 15) is 4.79 Å². The van der Waals surface area contributed by atoms with Crippen molar-refractivity contribution in [1.29, 1.82) is 0 Å². The van der Waals surface area contributed by atoms with E-state index in [0.717, 1.165) is 27.7 Å². The van der Waals surface area contributed by atoms with Gasteiger partial charge in [-0.1, -0.05) is 96.2 Å². The number of nitrogens with zero attached hydrogens (tertiary/aromatic N) is 1. The number of thioether (sulfide) groups is 1. The van der Waals surface area contributed by atoms with E-state index in [-0.39, 0.29) is 5.91 Å². The summed E-state index contributed by atoms with van der Waals surface area (Å²) in [6, 6.07) is 27.5. The Morgan fingerprint density at radius 2 is 1.53 bits per heavy atom. The van der Waals surface area contributed by atoms with Crippen molar-refractivity contribution < 1.29 is 4.79 Å². The number of benzene rings is 3. The Bertz CT molecular complexity index is 1070. The minimum Gasteiger partial charge on any atom is -0.332 e. The standard InChI is InChI=1S/C24H20ClN3OS/c25-19-13-7-8-14-20(19)26-21(29)15-16-30-24-27-22(17-9-3-1-4-10-17)23(28-24)18-11-5-2-6-12-18/h1-14H,15-16H2,(H,26,29)(H,27,28). The summed E-state index contributed by atoms with van der Waals surface area (Å²) in [6.07, 6.45) is 0.359. The van der Waals surface area contributed by atoms with Crippen molar-refractivity contribution in [2.75, 3.05) is 11.1 Å². The summed E-state index contributed by atoms with van der Waals surface area (Å²) in [7, 11) is 0. The Balaban J connectivity index is 1.46. The lowest BCUT2D eigenvalue weighted by molar-refractivity contribution is -0.115. The van der Waals surface area contributed by atoms with E-state index in [1.807, 2.05) is 60.7 Å². The lowest BCUT2D eigenvalue weighted by Crippen LogP contribution is -2.12. The number of imidazole rings is 1. The fourth-order valence-corrected chi connectivity index (χ4v) is 4.05. The quantitative estimate of drug-likeness (QED) is 0.326. The molecule has 4 nitrogen and oxygen atoms in total. The number of amides is 1. The molecule has 2 N–H and O–H groups in total. The number of H-pyrrole nitrogens is 1. The Labute approximate surface area is 184 Å². The number of aromatic nitrogens is 2. The molecule has 0 saturated carbocycles. The molecule has 0 saturated heterocycles. The summed E-state index contributed by atoms with van der Waals surface area (Å²) >= 11 is 7.63. The summed E-state index contributed by atoms with van der Waals surface area (Å²) in [5, 5.41) is 4.17. The van der Waals surface area contributed by atoms with Gasteiger partial charge in [-0.3, -0.25) is 4.79 Å². The van der Waals surface area contributed by atoms with Crippen molar-refractivity contribution in [2.24, 2.45) is 0 Å². The highest BCUT2D eigenvalue weighted by molar-refractivity contribution is 7.99. The number of halogens is 1. The van der Waals surface area contributed by atoms with Gasteiger partial charge in [0.25, 0.3) is 0 Å². The molecule has 0 aliphatic heterocycles. The van der Waals surface area contributed by atoms with Crippen molar-refractivity contribution in [3.05, 3.63) is 90.0 Å². The molecule has 0 atom stereocenters. The molecule has 1 aromatic heterocycles. The molecule has 0 unspecified atom stereocenters. The third kappa shape index (κ3) is 4.93. The highest BCUT2D eigenvalue weighted by atomic mass is 35.5. The largest absolute Gasteiger partial charge is 0.332 e. The van der Waals surface area contributed by atoms with Gasteiger partial charge in [0, 0.05) is 23.3 Å². The predicted octanol–water partition coefficient (Wildman–Crippen LogP) is 6.52. The van der Waals surface area contributed by atoms with E-state index in [1.165, 1.54) is 11.8 Å². The normalized spacial score (nSPS) is 10.7. The first-order chi connectivity index (χ1) is 14.7. The summed E-state index contributed by atoms with van der Waals surface area (Å²) in [5.41, 5.74) is 4.64. The van der Waals surface area contributed by atoms with Crippen LogP contribution in [0.1, 0.15) is 6.42 Å². The second-order valence-electron chi connectivity index (χ2n) is 6.62. The van der Waals surface area contributed by atoms with Crippen LogP contribution in [0, 0.1) is 0 Å². The van der Waals surface area contributed by atoms with Gasteiger partial charge in [-0.05, 0) is 12.1 Å². The van der Waals surface area contributed by atoms with Gasteiger partial charge in [0.05, 0.1) is 22.1 Å². The van der Waals surface area contributed by atoms with Gasteiger partial charge >= 0.3 is 0 Å². The zero-order valence-electron chi connectivity index (χ0n) is 16.1. The van der Waals surface area contributed by atoms with Gasteiger partial charge in [0.1, 0.15) is 0 Å². The van der Waals surface area contributed by atoms with E-state index in [2.05, 4.69) is 22.4 Å². The van der Waals surface area contributed by atoms with Crippen LogP contribution in [0.2, 0.25) is 5.02 Å². The average Bonchev–Trinajstić information content (AvgIpc) is 3.21. The van der Waals surface area contributed by atoms with Gasteiger partial charge < -0.3 is 10.3 Å². The van der Waals surface area contributed by atoms with Crippen LogP contribution in [0.15, 0.2) is 90.1 Å². The third-order valence-corrected chi connectivity index (χ3v) is 5.71. The molecule has 150 valence electrons. The third-order valence-electron chi connectivity index (χ3n) is 4.51. The van der Waals surface area contributed by atoms with Gasteiger partial charge in [-0.25, -0.2) is 4.98 Å². The molecule has 0 spiro atoms. The molecular weight excluding hydrogens is 414 g/mol. The van der Waals surface area contributed by atoms with Crippen LogP contribution >= 0.6 is 23.4 Å². The predicted molar refractivity (Wildman–Crippen MR) is 125 cm³/mol. The lowest BCUT2D eigenvalue weighted by atomic mass is 10.1. The van der Waals surface area contributed by atoms with Crippen LogP contribution in [0.5, 0.6) is 0 Å². The van der Waals surface area contributed by atoms with Crippen molar-refractivity contribution in [2.45, 2.75) is 11.6 Å². The van der Waals surface area contributed by atoms with E-state index in [1.54, 1.807) is 12.1 Å². The summed E-state index contributed by atoms with van der Waals surface area (Å²) < 4.78 is 0. The highest BCUT2D eigenvalue weighted by Gasteiger charge is 2.14. The van der Waals surface area contributed by atoms with Crippen molar-refractivity contribution in [1.82, 2.24) is 9.97 Å². The molecule has 4 aromatic rings. The van der Waals surface area contributed by atoms with E-state index in [4.69, 9.17) is 16.6 Å². The van der Waals surface area contributed by atoms with Crippen LogP contribution in [0.25, 0.3) is 22.5 Å². The first-order valence-corrected chi connectivity index (χ1v) is 10.9. The Morgan fingerprint density at radius 3 is 2.23 bits per heavy atom. The first-order valence-electron chi connectivity index (χ1n) is 9.59. The minimum absolute atomic E-state index is 0.0753. The molecule has 6 heteroatoms. The highest BCUT2D eigenvalue weighted by Crippen LogP contribution is 2.32. The van der Waals surface area contributed by atoms with Gasteiger partial charge in [0.2, 0.25) is 5.91 Å². The maximum absolute atomic E-state index is 12.3. The maximum Gasteiger partial charge on any atom is 0.225 e. The maximum atomic E-state index is 12.3. The first kappa shape index (κ1) is 20.3. The number of hydrogen-bond acceptors (Lipinski definition) is 3. The number of nitrogens with one attached hydrogen (secondary N) is 2. The number of carbonyl (C=O) groups excluding carboxylic acids is 1. The summed E-state index contributed by atoms with van der Waals surface area (Å²) in [6.45, 7) is 0. The van der Waals surface area contributed by atoms with Crippen LogP contribution in [0.3, 0.4) is 0 Å². The number of para-hydroxylation sites is 1. The molecule has 0 radical (unpaired) electrons. The number of hydrogen-bond donors (Lipinski definition) is 2. The van der Waals surface area contributed by atoms with E-state index in [0.29, 0.717) is 22.9 Å². The minimum atomic E-state index is -0.0753. The molecule has 30 heavy (non-hydrogen) atoms.